The van der Waals surface area contributed by atoms with Crippen LogP contribution in [0.15, 0.2) is 59.6 Å². The number of para-hydroxylation sites is 1. The number of fused-ring (bicyclic) bond motifs is 5. The number of benzodiazepines with no additional fused rings is 1. The summed E-state index contributed by atoms with van der Waals surface area (Å²) in [7, 11) is 0. The maximum Gasteiger partial charge on any atom is 0.409 e. The minimum absolute atomic E-state index is 0.00882. The molecule has 2 aromatic rings. The third kappa shape index (κ3) is 5.74. The summed E-state index contributed by atoms with van der Waals surface area (Å²) in [6.07, 6.45) is 2.74. The highest BCUT2D eigenvalue weighted by atomic mass is 16.5. The van der Waals surface area contributed by atoms with Gasteiger partial charge in [-0.15, -0.1) is 0 Å². The monoisotopic (exact) mass is 516 g/mol. The van der Waals surface area contributed by atoms with Crippen molar-refractivity contribution in [2.45, 2.75) is 52.3 Å². The van der Waals surface area contributed by atoms with E-state index >= 15 is 0 Å². The summed E-state index contributed by atoms with van der Waals surface area (Å²) in [5, 5.41) is 2.65. The van der Waals surface area contributed by atoms with Crippen LogP contribution in [-0.4, -0.2) is 54.3 Å². The van der Waals surface area contributed by atoms with Crippen LogP contribution in [0.2, 0.25) is 0 Å². The molecule has 1 N–H and O–H groups in total. The Labute approximate surface area is 224 Å². The van der Waals surface area contributed by atoms with Crippen LogP contribution < -0.4 is 10.2 Å². The van der Waals surface area contributed by atoms with Gasteiger partial charge in [0.05, 0.1) is 5.69 Å². The smallest absolute Gasteiger partial charge is 0.409 e. The fourth-order valence-corrected chi connectivity index (χ4v) is 5.78. The number of ether oxygens (including phenoxy) is 1. The number of benzene rings is 2. The SMILES string of the molecule is CC(C)C1=NC(NC(=O)OCc2ccccc2)C(=O)N(CC(=O)N2CC3CCC(CC3)C2)c2ccccc21. The summed E-state index contributed by atoms with van der Waals surface area (Å²) in [5.41, 5.74) is 2.97. The van der Waals surface area contributed by atoms with E-state index in [1.807, 2.05) is 73.3 Å². The van der Waals surface area contributed by atoms with Gasteiger partial charge in [-0.05, 0) is 55.1 Å². The van der Waals surface area contributed by atoms with Crippen LogP contribution in [0.1, 0.15) is 50.7 Å². The van der Waals surface area contributed by atoms with Crippen molar-refractivity contribution < 1.29 is 19.1 Å². The second kappa shape index (κ2) is 11.4. The molecular weight excluding hydrogens is 480 g/mol. The standard InChI is InChI=1S/C30H36N4O4/c1-20(2)27-24-10-6-7-11-25(24)34(18-26(35)33-16-21-12-13-22(17-33)15-14-21)29(36)28(31-27)32-30(37)38-19-23-8-4-3-5-9-23/h3-11,20-22,28H,12-19H2,1-2H3,(H,32,37). The van der Waals surface area contributed by atoms with Crippen molar-refractivity contribution in [3.63, 3.8) is 0 Å². The molecule has 8 nitrogen and oxygen atoms in total. The van der Waals surface area contributed by atoms with E-state index in [-0.39, 0.29) is 25.0 Å². The summed E-state index contributed by atoms with van der Waals surface area (Å²) in [6.45, 7) is 5.49. The first-order valence-corrected chi connectivity index (χ1v) is 13.6. The first-order chi connectivity index (χ1) is 18.4. The Balaban J connectivity index is 1.38. The van der Waals surface area contributed by atoms with Gasteiger partial charge in [0.2, 0.25) is 12.1 Å². The molecule has 38 heavy (non-hydrogen) atoms. The number of rotatable bonds is 6. The fraction of sp³-hybridized carbons (Fsp3) is 0.467. The van der Waals surface area contributed by atoms with Crippen LogP contribution in [-0.2, 0) is 20.9 Å². The van der Waals surface area contributed by atoms with Crippen LogP contribution in [0.4, 0.5) is 10.5 Å². The number of amides is 3. The van der Waals surface area contributed by atoms with Gasteiger partial charge in [-0.3, -0.25) is 24.8 Å². The molecule has 8 heteroatoms. The van der Waals surface area contributed by atoms with E-state index < -0.39 is 18.2 Å². The molecule has 2 aromatic carbocycles. The number of carbonyl (C=O) groups excluding carboxylic acids is 3. The normalized spacial score (nSPS) is 22.9. The zero-order valence-corrected chi connectivity index (χ0v) is 22.1. The fourth-order valence-electron chi connectivity index (χ4n) is 5.78. The first-order valence-electron chi connectivity index (χ1n) is 13.6. The average molecular weight is 517 g/mol. The highest BCUT2D eigenvalue weighted by Crippen LogP contribution is 2.34. The molecule has 200 valence electrons. The van der Waals surface area contributed by atoms with Gasteiger partial charge in [0, 0.05) is 24.4 Å². The lowest BCUT2D eigenvalue weighted by molar-refractivity contribution is -0.132. The van der Waals surface area contributed by atoms with Gasteiger partial charge in [0.15, 0.2) is 0 Å². The largest absolute Gasteiger partial charge is 0.445 e. The molecule has 1 saturated carbocycles. The Morgan fingerprint density at radius 1 is 0.974 bits per heavy atom. The molecule has 1 unspecified atom stereocenters. The van der Waals surface area contributed by atoms with Crippen LogP contribution in [0.3, 0.4) is 0 Å². The minimum Gasteiger partial charge on any atom is -0.445 e. The molecule has 3 fully saturated rings. The van der Waals surface area contributed by atoms with Crippen molar-refractivity contribution >= 4 is 29.3 Å². The predicted octanol–water partition coefficient (Wildman–Crippen LogP) is 4.38. The maximum absolute atomic E-state index is 13.9. The van der Waals surface area contributed by atoms with Gasteiger partial charge < -0.3 is 9.64 Å². The lowest BCUT2D eigenvalue weighted by Gasteiger charge is -2.29. The summed E-state index contributed by atoms with van der Waals surface area (Å²) >= 11 is 0. The lowest BCUT2D eigenvalue weighted by Crippen LogP contribution is -2.51. The second-order valence-electron chi connectivity index (χ2n) is 10.9. The summed E-state index contributed by atoms with van der Waals surface area (Å²) < 4.78 is 5.38. The molecule has 3 aliphatic heterocycles. The number of hydrogen-bond acceptors (Lipinski definition) is 5. The lowest BCUT2D eigenvalue weighted by atomic mass is 9.84. The zero-order valence-electron chi connectivity index (χ0n) is 22.1. The van der Waals surface area contributed by atoms with E-state index in [4.69, 9.17) is 9.73 Å². The molecule has 0 spiro atoms. The Bertz CT molecular complexity index is 1190. The molecule has 2 saturated heterocycles. The van der Waals surface area contributed by atoms with Crippen molar-refractivity contribution in [2.75, 3.05) is 24.5 Å². The van der Waals surface area contributed by atoms with Crippen molar-refractivity contribution in [1.82, 2.24) is 10.2 Å². The Kier molecular flexibility index (Phi) is 7.77. The number of hydrogen-bond donors (Lipinski definition) is 1. The van der Waals surface area contributed by atoms with Crippen molar-refractivity contribution in [3.05, 3.63) is 65.7 Å². The van der Waals surface area contributed by atoms with Gasteiger partial charge >= 0.3 is 6.09 Å². The van der Waals surface area contributed by atoms with Crippen molar-refractivity contribution in [2.24, 2.45) is 22.7 Å². The zero-order chi connectivity index (χ0) is 26.6. The molecule has 2 bridgehead atoms. The van der Waals surface area contributed by atoms with Crippen LogP contribution in [0, 0.1) is 17.8 Å². The molecular formula is C30H36N4O4. The minimum atomic E-state index is -1.20. The van der Waals surface area contributed by atoms with E-state index in [1.54, 1.807) is 0 Å². The maximum atomic E-state index is 13.9. The number of nitrogens with zero attached hydrogens (tertiary/aromatic N) is 3. The molecule has 6 rings (SSSR count). The quantitative estimate of drug-likeness (QED) is 0.617. The molecule has 4 aliphatic rings. The molecule has 0 radical (unpaired) electrons. The van der Waals surface area contributed by atoms with Gasteiger partial charge in [0.25, 0.3) is 5.91 Å². The molecule has 1 aliphatic carbocycles. The van der Waals surface area contributed by atoms with E-state index in [2.05, 4.69) is 5.32 Å². The highest BCUT2D eigenvalue weighted by Gasteiger charge is 2.37. The van der Waals surface area contributed by atoms with E-state index in [9.17, 15) is 14.4 Å². The van der Waals surface area contributed by atoms with Crippen molar-refractivity contribution in [3.8, 4) is 0 Å². The molecule has 1 atom stereocenters. The Morgan fingerprint density at radius 3 is 2.26 bits per heavy atom. The summed E-state index contributed by atoms with van der Waals surface area (Å²) in [4.78, 5) is 48.4. The topological polar surface area (TPSA) is 91.3 Å². The van der Waals surface area contributed by atoms with Gasteiger partial charge in [-0.1, -0.05) is 62.4 Å². The highest BCUT2D eigenvalue weighted by molar-refractivity contribution is 6.14. The molecule has 3 heterocycles. The molecule has 3 amide bonds. The summed E-state index contributed by atoms with van der Waals surface area (Å²) in [6, 6.07) is 16.9. The molecule has 0 aromatic heterocycles. The first kappa shape index (κ1) is 25.9. The third-order valence-electron chi connectivity index (χ3n) is 7.82. The van der Waals surface area contributed by atoms with Gasteiger partial charge in [-0.25, -0.2) is 4.79 Å². The van der Waals surface area contributed by atoms with Crippen LogP contribution in [0.5, 0.6) is 0 Å². The third-order valence-corrected chi connectivity index (χ3v) is 7.82. The number of anilines is 1. The number of carbonyl (C=O) groups is 3. The number of aliphatic imine (C=N–C) groups is 1. The number of nitrogens with one attached hydrogen (secondary N) is 1. The predicted molar refractivity (Wildman–Crippen MR) is 146 cm³/mol. The van der Waals surface area contributed by atoms with Gasteiger partial charge in [-0.2, -0.15) is 0 Å². The van der Waals surface area contributed by atoms with E-state index in [1.165, 1.54) is 30.6 Å². The van der Waals surface area contributed by atoms with Crippen LogP contribution >= 0.6 is 0 Å². The summed E-state index contributed by atoms with van der Waals surface area (Å²) in [5.74, 6) is 0.552. The van der Waals surface area contributed by atoms with Crippen LogP contribution in [0.25, 0.3) is 0 Å². The average Bonchev–Trinajstić information content (AvgIpc) is 3.31. The van der Waals surface area contributed by atoms with E-state index in [0.29, 0.717) is 23.2 Å². The number of alkyl carbamates (subject to hydrolysis) is 1. The van der Waals surface area contributed by atoms with Gasteiger partial charge in [0.1, 0.15) is 13.2 Å². The second-order valence-corrected chi connectivity index (χ2v) is 10.9. The Hall–Kier alpha value is -3.68. The Morgan fingerprint density at radius 2 is 1.61 bits per heavy atom. The van der Waals surface area contributed by atoms with Crippen molar-refractivity contribution in [1.29, 1.82) is 0 Å². The van der Waals surface area contributed by atoms with E-state index in [0.717, 1.165) is 24.2 Å².